The number of carbonyl (C=O) groups is 1. The Morgan fingerprint density at radius 1 is 1.47 bits per heavy atom. The minimum atomic E-state index is -0.931. The van der Waals surface area contributed by atoms with Crippen molar-refractivity contribution in [2.45, 2.75) is 0 Å². The summed E-state index contributed by atoms with van der Waals surface area (Å²) in [5.41, 5.74) is 0. The van der Waals surface area contributed by atoms with Crippen LogP contribution < -0.4 is 4.74 Å². The summed E-state index contributed by atoms with van der Waals surface area (Å²) in [4.78, 5) is 12.2. The highest BCUT2D eigenvalue weighted by Gasteiger charge is 2.09. The smallest absolute Gasteiger partial charge is 0.317 e. The molecule has 0 saturated carbocycles. The monoisotopic (exact) mass is 301 g/mol. The quantitative estimate of drug-likeness (QED) is 0.786. The Labute approximate surface area is 121 Å². The fraction of sp³-hybridized carbons (Fsp3) is 0.308. The molecule has 0 radical (unpaired) electrons. The van der Waals surface area contributed by atoms with Gasteiger partial charge in [-0.1, -0.05) is 29.1 Å². The van der Waals surface area contributed by atoms with E-state index in [9.17, 15) is 4.79 Å². The van der Waals surface area contributed by atoms with Gasteiger partial charge in [-0.25, -0.2) is 0 Å². The molecule has 1 rings (SSSR count). The van der Waals surface area contributed by atoms with Crippen molar-refractivity contribution in [2.24, 2.45) is 0 Å². The Morgan fingerprint density at radius 3 is 2.79 bits per heavy atom. The van der Waals surface area contributed by atoms with E-state index in [0.717, 1.165) is 0 Å². The molecule has 0 aliphatic heterocycles. The molecule has 1 aromatic carbocycles. The molecular formula is C13H13Cl2NO3. The lowest BCUT2D eigenvalue weighted by Crippen LogP contribution is -2.33. The molecule has 1 aromatic rings. The van der Waals surface area contributed by atoms with E-state index in [4.69, 9.17) is 39.5 Å². The standard InChI is InChI=1S/C13H13Cl2NO3/c1-2-5-16(9-13(17)18)6-7-19-12-4-3-10(14)8-11(12)15/h1,3-4,8H,5-7,9H2,(H,17,18). The van der Waals surface area contributed by atoms with Crippen molar-refractivity contribution in [3.05, 3.63) is 28.2 Å². The predicted molar refractivity (Wildman–Crippen MR) is 74.9 cm³/mol. The van der Waals surface area contributed by atoms with Crippen LogP contribution in [0.3, 0.4) is 0 Å². The number of hydrogen-bond donors (Lipinski definition) is 1. The van der Waals surface area contributed by atoms with E-state index in [2.05, 4.69) is 5.92 Å². The molecule has 0 aromatic heterocycles. The van der Waals surface area contributed by atoms with E-state index >= 15 is 0 Å². The molecule has 6 heteroatoms. The minimum Gasteiger partial charge on any atom is -0.491 e. The van der Waals surface area contributed by atoms with Gasteiger partial charge in [0.2, 0.25) is 0 Å². The van der Waals surface area contributed by atoms with Gasteiger partial charge in [0.15, 0.2) is 0 Å². The molecule has 4 nitrogen and oxygen atoms in total. The number of terminal acetylenes is 1. The molecule has 19 heavy (non-hydrogen) atoms. The lowest BCUT2D eigenvalue weighted by Gasteiger charge is -2.17. The molecule has 0 unspecified atom stereocenters. The molecule has 0 saturated heterocycles. The molecule has 1 N–H and O–H groups in total. The molecule has 0 spiro atoms. The van der Waals surface area contributed by atoms with E-state index in [0.29, 0.717) is 22.3 Å². The number of benzene rings is 1. The number of carboxylic acid groups (broad SMARTS) is 1. The molecule has 0 heterocycles. The number of halogens is 2. The van der Waals surface area contributed by atoms with Crippen LogP contribution in [0.4, 0.5) is 0 Å². The molecular weight excluding hydrogens is 289 g/mol. The van der Waals surface area contributed by atoms with Crippen molar-refractivity contribution in [2.75, 3.05) is 26.2 Å². The average Bonchev–Trinajstić information content (AvgIpc) is 2.31. The van der Waals surface area contributed by atoms with Gasteiger partial charge in [-0.15, -0.1) is 6.42 Å². The van der Waals surface area contributed by atoms with E-state index in [-0.39, 0.29) is 19.7 Å². The lowest BCUT2D eigenvalue weighted by molar-refractivity contribution is -0.138. The van der Waals surface area contributed by atoms with E-state index < -0.39 is 5.97 Å². The number of rotatable bonds is 7. The van der Waals surface area contributed by atoms with Crippen molar-refractivity contribution in [1.82, 2.24) is 4.90 Å². The van der Waals surface area contributed by atoms with E-state index in [1.165, 1.54) is 0 Å². The fourth-order valence-corrected chi connectivity index (χ4v) is 1.87. The zero-order valence-corrected chi connectivity index (χ0v) is 11.6. The van der Waals surface area contributed by atoms with E-state index in [1.807, 2.05) is 0 Å². The van der Waals surface area contributed by atoms with Gasteiger partial charge in [-0.2, -0.15) is 0 Å². The number of nitrogens with zero attached hydrogens (tertiary/aromatic N) is 1. The Morgan fingerprint density at radius 2 is 2.21 bits per heavy atom. The maximum absolute atomic E-state index is 10.6. The molecule has 0 bridgehead atoms. The normalized spacial score (nSPS) is 10.2. The third-order valence-electron chi connectivity index (χ3n) is 2.23. The van der Waals surface area contributed by atoms with Gasteiger partial charge < -0.3 is 9.84 Å². The summed E-state index contributed by atoms with van der Waals surface area (Å²) in [7, 11) is 0. The third kappa shape index (κ3) is 5.84. The second kappa shape index (κ2) is 7.90. The van der Waals surface area contributed by atoms with Crippen LogP contribution in [-0.2, 0) is 4.79 Å². The molecule has 102 valence electrons. The van der Waals surface area contributed by atoms with Gasteiger partial charge in [-0.05, 0) is 18.2 Å². The van der Waals surface area contributed by atoms with Crippen LogP contribution in [0.25, 0.3) is 0 Å². The average molecular weight is 302 g/mol. The van der Waals surface area contributed by atoms with Gasteiger partial charge in [0.25, 0.3) is 0 Å². The number of hydrogen-bond acceptors (Lipinski definition) is 3. The summed E-state index contributed by atoms with van der Waals surface area (Å²) < 4.78 is 5.46. The first-order chi connectivity index (χ1) is 9.02. The molecule has 0 aliphatic carbocycles. The van der Waals surface area contributed by atoms with Crippen LogP contribution in [0.1, 0.15) is 0 Å². The number of carboxylic acids is 1. The first-order valence-electron chi connectivity index (χ1n) is 5.48. The van der Waals surface area contributed by atoms with Crippen LogP contribution in [0.15, 0.2) is 18.2 Å². The summed E-state index contributed by atoms with van der Waals surface area (Å²) in [5.74, 6) is 1.98. The Hall–Kier alpha value is -1.41. The highest BCUT2D eigenvalue weighted by atomic mass is 35.5. The zero-order valence-electron chi connectivity index (χ0n) is 10.1. The highest BCUT2D eigenvalue weighted by molar-refractivity contribution is 6.35. The van der Waals surface area contributed by atoms with Gasteiger partial charge in [0.05, 0.1) is 18.1 Å². The fourth-order valence-electron chi connectivity index (χ4n) is 1.41. The maximum atomic E-state index is 10.6. The second-order valence-electron chi connectivity index (χ2n) is 3.73. The van der Waals surface area contributed by atoms with Crippen LogP contribution in [0.5, 0.6) is 5.75 Å². The van der Waals surface area contributed by atoms with Crippen LogP contribution in [0, 0.1) is 12.3 Å². The Bertz CT molecular complexity index is 485. The van der Waals surface area contributed by atoms with E-state index in [1.54, 1.807) is 23.1 Å². The summed E-state index contributed by atoms with van der Waals surface area (Å²) in [5, 5.41) is 9.65. The summed E-state index contributed by atoms with van der Waals surface area (Å²) in [6.45, 7) is 0.817. The first kappa shape index (κ1) is 15.6. The van der Waals surface area contributed by atoms with Crippen LogP contribution in [0.2, 0.25) is 10.0 Å². The van der Waals surface area contributed by atoms with Crippen LogP contribution >= 0.6 is 23.2 Å². The first-order valence-corrected chi connectivity index (χ1v) is 6.24. The van der Waals surface area contributed by atoms with Crippen molar-refractivity contribution >= 4 is 29.2 Å². The topological polar surface area (TPSA) is 49.8 Å². The van der Waals surface area contributed by atoms with Crippen molar-refractivity contribution in [1.29, 1.82) is 0 Å². The Kier molecular flexibility index (Phi) is 6.51. The highest BCUT2D eigenvalue weighted by Crippen LogP contribution is 2.27. The van der Waals surface area contributed by atoms with Gasteiger partial charge in [-0.3, -0.25) is 9.69 Å². The molecule has 0 atom stereocenters. The SMILES string of the molecule is C#CCN(CCOc1ccc(Cl)cc1Cl)CC(=O)O. The zero-order chi connectivity index (χ0) is 14.3. The number of aliphatic carboxylic acids is 1. The summed E-state index contributed by atoms with van der Waals surface area (Å²) >= 11 is 11.7. The van der Waals surface area contributed by atoms with Gasteiger partial charge in [0, 0.05) is 11.6 Å². The summed E-state index contributed by atoms with van der Waals surface area (Å²) in [6.07, 6.45) is 5.17. The largest absolute Gasteiger partial charge is 0.491 e. The van der Waals surface area contributed by atoms with Crippen molar-refractivity contribution in [3.63, 3.8) is 0 Å². The third-order valence-corrected chi connectivity index (χ3v) is 2.76. The molecule has 0 amide bonds. The van der Waals surface area contributed by atoms with Gasteiger partial charge in [0.1, 0.15) is 12.4 Å². The van der Waals surface area contributed by atoms with Crippen molar-refractivity contribution < 1.29 is 14.6 Å². The maximum Gasteiger partial charge on any atom is 0.317 e. The molecule has 0 fully saturated rings. The summed E-state index contributed by atoms with van der Waals surface area (Å²) in [6, 6.07) is 4.90. The predicted octanol–water partition coefficient (Wildman–Crippen LogP) is 2.39. The van der Waals surface area contributed by atoms with Gasteiger partial charge >= 0.3 is 5.97 Å². The minimum absolute atomic E-state index is 0.123. The number of ether oxygens (including phenoxy) is 1. The second-order valence-corrected chi connectivity index (χ2v) is 4.58. The van der Waals surface area contributed by atoms with Crippen molar-refractivity contribution in [3.8, 4) is 18.1 Å². The Balaban J connectivity index is 2.47. The lowest BCUT2D eigenvalue weighted by atomic mass is 10.3. The molecule has 0 aliphatic rings. The van der Waals surface area contributed by atoms with Crippen LogP contribution in [-0.4, -0.2) is 42.2 Å².